The van der Waals surface area contributed by atoms with Crippen LogP contribution in [0.25, 0.3) is 0 Å². The third kappa shape index (κ3) is 3.31. The maximum absolute atomic E-state index is 5.56. The van der Waals surface area contributed by atoms with Crippen molar-refractivity contribution in [3.8, 4) is 5.75 Å². The van der Waals surface area contributed by atoms with E-state index in [9.17, 15) is 0 Å². The topological polar surface area (TPSA) is 33.3 Å². The molecule has 1 aliphatic carbocycles. The van der Waals surface area contributed by atoms with Crippen LogP contribution in [0.1, 0.15) is 42.0 Å². The first-order valence-electron chi connectivity index (χ1n) is 9.44. The third-order valence-electron chi connectivity index (χ3n) is 5.91. The van der Waals surface area contributed by atoms with Gasteiger partial charge in [0.2, 0.25) is 0 Å². The van der Waals surface area contributed by atoms with Gasteiger partial charge in [-0.2, -0.15) is 0 Å². The van der Waals surface area contributed by atoms with Crippen molar-refractivity contribution in [2.45, 2.75) is 50.9 Å². The first-order chi connectivity index (χ1) is 12.3. The Morgan fingerprint density at radius 1 is 1.12 bits per heavy atom. The Morgan fingerprint density at radius 2 is 1.96 bits per heavy atom. The highest BCUT2D eigenvalue weighted by molar-refractivity contribution is 5.37. The molecule has 25 heavy (non-hydrogen) atoms. The molecule has 2 aromatic carbocycles. The number of hydrogen-bond acceptors (Lipinski definition) is 3. The van der Waals surface area contributed by atoms with E-state index in [1.54, 1.807) is 7.11 Å². The fourth-order valence-corrected chi connectivity index (χ4v) is 4.71. The first-order valence-corrected chi connectivity index (χ1v) is 9.44. The van der Waals surface area contributed by atoms with E-state index in [0.717, 1.165) is 18.2 Å². The quantitative estimate of drug-likeness (QED) is 0.866. The maximum Gasteiger partial charge on any atom is 0.123 e. The summed E-state index contributed by atoms with van der Waals surface area (Å²) in [6, 6.07) is 18.8. The van der Waals surface area contributed by atoms with Crippen molar-refractivity contribution in [3.63, 3.8) is 0 Å². The summed E-state index contributed by atoms with van der Waals surface area (Å²) >= 11 is 0. The minimum atomic E-state index is 0.396. The van der Waals surface area contributed by atoms with Crippen LogP contribution in [-0.2, 0) is 6.54 Å². The van der Waals surface area contributed by atoms with E-state index in [2.05, 4.69) is 66.1 Å². The SMILES string of the molecule is COc1ccc(C)cc1CN[C@@H]1[C@H]2CCC[C@H]2N[C@@H]1c1ccccc1. The number of benzene rings is 2. The molecular formula is C22H28N2O. The average Bonchev–Trinajstić information content (AvgIpc) is 3.22. The Kier molecular flexibility index (Phi) is 4.78. The number of rotatable bonds is 5. The van der Waals surface area contributed by atoms with Gasteiger partial charge in [0.15, 0.2) is 0 Å². The second-order valence-corrected chi connectivity index (χ2v) is 7.48. The molecule has 4 rings (SSSR count). The summed E-state index contributed by atoms with van der Waals surface area (Å²) in [6.07, 6.45) is 3.97. The molecule has 2 aromatic rings. The molecule has 3 nitrogen and oxygen atoms in total. The van der Waals surface area contributed by atoms with Crippen LogP contribution in [0.5, 0.6) is 5.75 Å². The lowest BCUT2D eigenvalue weighted by Crippen LogP contribution is -2.37. The first kappa shape index (κ1) is 16.6. The van der Waals surface area contributed by atoms with Crippen LogP contribution in [0.15, 0.2) is 48.5 Å². The van der Waals surface area contributed by atoms with E-state index < -0.39 is 0 Å². The van der Waals surface area contributed by atoms with E-state index >= 15 is 0 Å². The van der Waals surface area contributed by atoms with Gasteiger partial charge in [-0.15, -0.1) is 0 Å². The lowest BCUT2D eigenvalue weighted by atomic mass is 9.91. The Morgan fingerprint density at radius 3 is 2.76 bits per heavy atom. The molecular weight excluding hydrogens is 308 g/mol. The standard InChI is InChI=1S/C22H28N2O/c1-15-11-12-20(25-2)17(13-15)14-23-22-18-9-6-10-19(18)24-21(22)16-7-4-3-5-8-16/h3-5,7-8,11-13,18-19,21-24H,6,9-10,14H2,1-2H3/t18-,19+,21+,22+/m0/s1. The summed E-state index contributed by atoms with van der Waals surface area (Å²) in [7, 11) is 1.76. The fraction of sp³-hybridized carbons (Fsp3) is 0.455. The molecule has 1 saturated heterocycles. The molecule has 4 atom stereocenters. The molecule has 0 unspecified atom stereocenters. The minimum absolute atomic E-state index is 0.396. The molecule has 3 heteroatoms. The Labute approximate surface area is 150 Å². The van der Waals surface area contributed by atoms with Crippen molar-refractivity contribution in [2.75, 3.05) is 7.11 Å². The van der Waals surface area contributed by atoms with Crippen molar-refractivity contribution in [2.24, 2.45) is 5.92 Å². The van der Waals surface area contributed by atoms with E-state index in [4.69, 9.17) is 4.74 Å². The zero-order chi connectivity index (χ0) is 17.2. The Bertz CT molecular complexity index is 715. The molecule has 1 aliphatic heterocycles. The molecule has 2 N–H and O–H groups in total. The molecule has 0 amide bonds. The molecule has 0 aromatic heterocycles. The van der Waals surface area contributed by atoms with Gasteiger partial charge in [-0.3, -0.25) is 0 Å². The second-order valence-electron chi connectivity index (χ2n) is 7.48. The van der Waals surface area contributed by atoms with Gasteiger partial charge in [0.25, 0.3) is 0 Å². The Balaban J connectivity index is 1.55. The normalized spacial score (nSPS) is 28.1. The van der Waals surface area contributed by atoms with Crippen molar-refractivity contribution >= 4 is 0 Å². The van der Waals surface area contributed by atoms with Gasteiger partial charge in [0.1, 0.15) is 5.75 Å². The molecule has 132 valence electrons. The second kappa shape index (κ2) is 7.19. The molecule has 0 bridgehead atoms. The number of fused-ring (bicyclic) bond motifs is 1. The minimum Gasteiger partial charge on any atom is -0.496 e. The predicted octanol–water partition coefficient (Wildman–Crippen LogP) is 3.98. The molecule has 2 fully saturated rings. The summed E-state index contributed by atoms with van der Waals surface area (Å²) in [5, 5.41) is 7.78. The van der Waals surface area contributed by atoms with Gasteiger partial charge in [-0.05, 0) is 37.3 Å². The van der Waals surface area contributed by atoms with Gasteiger partial charge >= 0.3 is 0 Å². The summed E-state index contributed by atoms with van der Waals surface area (Å²) in [5.41, 5.74) is 3.92. The summed E-state index contributed by atoms with van der Waals surface area (Å²) in [4.78, 5) is 0. The van der Waals surface area contributed by atoms with Crippen LogP contribution in [0, 0.1) is 12.8 Å². The van der Waals surface area contributed by atoms with Crippen molar-refractivity contribution < 1.29 is 4.74 Å². The fourth-order valence-electron chi connectivity index (χ4n) is 4.71. The highest BCUT2D eigenvalue weighted by atomic mass is 16.5. The van der Waals surface area contributed by atoms with E-state index in [1.807, 2.05) is 0 Å². The summed E-state index contributed by atoms with van der Waals surface area (Å²) in [5.74, 6) is 1.70. The average molecular weight is 336 g/mol. The van der Waals surface area contributed by atoms with Gasteiger partial charge in [-0.1, -0.05) is 54.4 Å². The Hall–Kier alpha value is -1.84. The zero-order valence-electron chi connectivity index (χ0n) is 15.2. The van der Waals surface area contributed by atoms with Crippen LogP contribution >= 0.6 is 0 Å². The molecule has 0 spiro atoms. The number of methoxy groups -OCH3 is 1. The van der Waals surface area contributed by atoms with Gasteiger partial charge in [0, 0.05) is 30.2 Å². The molecule has 2 aliphatic rings. The lowest BCUT2D eigenvalue weighted by Gasteiger charge is -2.26. The van der Waals surface area contributed by atoms with Crippen LogP contribution in [0.2, 0.25) is 0 Å². The van der Waals surface area contributed by atoms with Gasteiger partial charge in [-0.25, -0.2) is 0 Å². The van der Waals surface area contributed by atoms with E-state index in [0.29, 0.717) is 18.1 Å². The maximum atomic E-state index is 5.56. The summed E-state index contributed by atoms with van der Waals surface area (Å²) < 4.78 is 5.56. The van der Waals surface area contributed by atoms with Crippen molar-refractivity contribution in [1.82, 2.24) is 10.6 Å². The van der Waals surface area contributed by atoms with Crippen LogP contribution in [-0.4, -0.2) is 19.2 Å². The number of hydrogen-bond donors (Lipinski definition) is 2. The smallest absolute Gasteiger partial charge is 0.123 e. The van der Waals surface area contributed by atoms with Crippen molar-refractivity contribution in [1.29, 1.82) is 0 Å². The van der Waals surface area contributed by atoms with Crippen molar-refractivity contribution in [3.05, 3.63) is 65.2 Å². The van der Waals surface area contributed by atoms with Gasteiger partial charge < -0.3 is 15.4 Å². The molecule has 1 heterocycles. The third-order valence-corrected chi connectivity index (χ3v) is 5.91. The van der Waals surface area contributed by atoms with E-state index in [1.165, 1.54) is 36.0 Å². The highest BCUT2D eigenvalue weighted by Crippen LogP contribution is 2.41. The largest absolute Gasteiger partial charge is 0.496 e. The summed E-state index contributed by atoms with van der Waals surface area (Å²) in [6.45, 7) is 2.99. The monoisotopic (exact) mass is 336 g/mol. The van der Waals surface area contributed by atoms with Crippen LogP contribution in [0.3, 0.4) is 0 Å². The molecule has 0 radical (unpaired) electrons. The van der Waals surface area contributed by atoms with Crippen LogP contribution < -0.4 is 15.4 Å². The lowest BCUT2D eigenvalue weighted by molar-refractivity contribution is 0.365. The van der Waals surface area contributed by atoms with Gasteiger partial charge in [0.05, 0.1) is 7.11 Å². The highest BCUT2D eigenvalue weighted by Gasteiger charge is 2.45. The number of nitrogens with one attached hydrogen (secondary N) is 2. The molecule has 1 saturated carbocycles. The zero-order valence-corrected chi connectivity index (χ0v) is 15.2. The number of aryl methyl sites for hydroxylation is 1. The predicted molar refractivity (Wildman–Crippen MR) is 102 cm³/mol. The van der Waals surface area contributed by atoms with E-state index in [-0.39, 0.29) is 0 Å². The number of ether oxygens (including phenoxy) is 1. The van der Waals surface area contributed by atoms with Crippen LogP contribution in [0.4, 0.5) is 0 Å².